The molecule has 0 bridgehead atoms. The van der Waals surface area contributed by atoms with Crippen LogP contribution in [0.5, 0.6) is 5.75 Å². The third-order valence-electron chi connectivity index (χ3n) is 6.19. The number of halogens is 2. The van der Waals surface area contributed by atoms with Gasteiger partial charge in [0.1, 0.15) is 16.4 Å². The minimum atomic E-state index is -0.711. The lowest BCUT2D eigenvalue weighted by atomic mass is 10.0. The predicted molar refractivity (Wildman–Crippen MR) is 154 cm³/mol. The Kier molecular flexibility index (Phi) is 9.68. The highest BCUT2D eigenvalue weighted by Gasteiger charge is 2.30. The summed E-state index contributed by atoms with van der Waals surface area (Å²) in [7, 11) is 1.24. The predicted octanol–water partition coefficient (Wildman–Crippen LogP) is 6.54. The van der Waals surface area contributed by atoms with Gasteiger partial charge in [-0.05, 0) is 75.6 Å². The molecular formula is C30H31ClFNO7S. The van der Waals surface area contributed by atoms with Crippen LogP contribution in [0.25, 0.3) is 10.4 Å². The summed E-state index contributed by atoms with van der Waals surface area (Å²) in [6, 6.07) is 12.5. The highest BCUT2D eigenvalue weighted by Crippen LogP contribution is 2.46. The zero-order valence-electron chi connectivity index (χ0n) is 23.2. The highest BCUT2D eigenvalue weighted by molar-refractivity contribution is 7.18. The molecule has 1 amide bonds. The van der Waals surface area contributed by atoms with Crippen LogP contribution < -0.4 is 9.64 Å². The number of nitrogens with zero attached hydrogens (tertiary/aromatic N) is 1. The lowest BCUT2D eigenvalue weighted by Gasteiger charge is -2.34. The molecule has 1 saturated heterocycles. The molecule has 0 aliphatic carbocycles. The summed E-state index contributed by atoms with van der Waals surface area (Å²) < 4.78 is 35.0. The zero-order chi connectivity index (χ0) is 29.7. The fraction of sp³-hybridized carbons (Fsp3) is 0.367. The number of carbonyl (C=O) groups is 3. The summed E-state index contributed by atoms with van der Waals surface area (Å²) in [6.07, 6.45) is 1.26. The van der Waals surface area contributed by atoms with Gasteiger partial charge >= 0.3 is 11.9 Å². The molecule has 1 aromatic heterocycles. The van der Waals surface area contributed by atoms with Crippen molar-refractivity contribution in [2.45, 2.75) is 45.3 Å². The molecule has 2 heterocycles. The van der Waals surface area contributed by atoms with Crippen LogP contribution in [-0.4, -0.2) is 56.4 Å². The van der Waals surface area contributed by atoms with Crippen LogP contribution in [0.3, 0.4) is 0 Å². The average molecular weight is 604 g/mol. The molecule has 218 valence electrons. The average Bonchev–Trinajstić information content (AvgIpc) is 3.27. The minimum absolute atomic E-state index is 0.0125. The van der Waals surface area contributed by atoms with E-state index < -0.39 is 30.0 Å². The Labute approximate surface area is 246 Å². The number of amides is 1. The number of hydrogen-bond donors (Lipinski definition) is 0. The van der Waals surface area contributed by atoms with E-state index in [-0.39, 0.29) is 27.6 Å². The van der Waals surface area contributed by atoms with Crippen LogP contribution in [0.2, 0.25) is 5.02 Å². The van der Waals surface area contributed by atoms with Gasteiger partial charge in [0, 0.05) is 30.5 Å². The van der Waals surface area contributed by atoms with Crippen molar-refractivity contribution in [1.82, 2.24) is 0 Å². The molecule has 0 N–H and O–H groups in total. The Bertz CT molecular complexity index is 1410. The minimum Gasteiger partial charge on any atom is -0.479 e. The summed E-state index contributed by atoms with van der Waals surface area (Å²) in [4.78, 5) is 40.9. The number of ether oxygens (including phenoxy) is 4. The first-order chi connectivity index (χ1) is 19.5. The van der Waals surface area contributed by atoms with Crippen molar-refractivity contribution in [1.29, 1.82) is 0 Å². The van der Waals surface area contributed by atoms with Gasteiger partial charge in [0.25, 0.3) is 5.91 Å². The maximum Gasteiger partial charge on any atom is 0.351 e. The number of thiophene rings is 1. The molecule has 41 heavy (non-hydrogen) atoms. The van der Waals surface area contributed by atoms with Gasteiger partial charge < -0.3 is 23.8 Å². The van der Waals surface area contributed by atoms with Crippen LogP contribution in [0.1, 0.15) is 53.6 Å². The van der Waals surface area contributed by atoms with Crippen LogP contribution in [0, 0.1) is 5.82 Å². The molecular weight excluding hydrogens is 573 g/mol. The normalized spacial score (nSPS) is 13.9. The van der Waals surface area contributed by atoms with Crippen molar-refractivity contribution in [3.8, 4) is 16.2 Å². The molecule has 0 atom stereocenters. The van der Waals surface area contributed by atoms with Crippen LogP contribution in [0.15, 0.2) is 48.5 Å². The standard InChI is InChI=1S/C30H31ClFNO7S/c1-30(2,3)40-23(34)17-39-25-24(31)26(41-27(25)29(36)37-4)19-6-5-7-22(16-19)33(21-12-14-38-15-13-21)28(35)18-8-10-20(32)11-9-18/h5-11,16,21H,12-15,17H2,1-4H3. The number of esters is 2. The van der Waals surface area contributed by atoms with Gasteiger partial charge in [0.15, 0.2) is 17.2 Å². The lowest BCUT2D eigenvalue weighted by Crippen LogP contribution is -2.43. The lowest BCUT2D eigenvalue weighted by molar-refractivity contribution is -0.157. The largest absolute Gasteiger partial charge is 0.479 e. The first kappa shape index (κ1) is 30.5. The second kappa shape index (κ2) is 13.0. The van der Waals surface area contributed by atoms with E-state index in [1.54, 1.807) is 43.9 Å². The number of anilines is 1. The van der Waals surface area contributed by atoms with Crippen molar-refractivity contribution in [3.63, 3.8) is 0 Å². The molecule has 0 spiro atoms. The fourth-order valence-corrected chi connectivity index (χ4v) is 5.89. The van der Waals surface area contributed by atoms with Crippen molar-refractivity contribution >= 4 is 46.5 Å². The topological polar surface area (TPSA) is 91.4 Å². The van der Waals surface area contributed by atoms with E-state index in [2.05, 4.69) is 0 Å². The molecule has 3 aromatic rings. The monoisotopic (exact) mass is 603 g/mol. The summed E-state index contributed by atoms with van der Waals surface area (Å²) in [5.74, 6) is -1.99. The maximum absolute atomic E-state index is 13.7. The molecule has 0 unspecified atom stereocenters. The van der Waals surface area contributed by atoms with Crippen LogP contribution in [-0.2, 0) is 19.0 Å². The molecule has 0 saturated carbocycles. The van der Waals surface area contributed by atoms with E-state index in [0.29, 0.717) is 47.7 Å². The highest BCUT2D eigenvalue weighted by atomic mass is 35.5. The number of carbonyl (C=O) groups excluding carboxylic acids is 3. The van der Waals surface area contributed by atoms with Gasteiger partial charge in [-0.25, -0.2) is 14.0 Å². The van der Waals surface area contributed by atoms with Gasteiger partial charge in [-0.2, -0.15) is 0 Å². The van der Waals surface area contributed by atoms with Crippen LogP contribution >= 0.6 is 22.9 Å². The molecule has 4 rings (SSSR count). The molecule has 1 aliphatic rings. The van der Waals surface area contributed by atoms with E-state index in [0.717, 1.165) is 11.3 Å². The van der Waals surface area contributed by atoms with Crippen LogP contribution in [0.4, 0.5) is 10.1 Å². The molecule has 2 aromatic carbocycles. The molecule has 8 nitrogen and oxygen atoms in total. The Morgan fingerprint density at radius 2 is 1.78 bits per heavy atom. The number of benzene rings is 2. The Morgan fingerprint density at radius 3 is 2.41 bits per heavy atom. The quantitative estimate of drug-likeness (QED) is 0.270. The van der Waals surface area contributed by atoms with Crippen molar-refractivity contribution in [3.05, 3.63) is 69.8 Å². The van der Waals surface area contributed by atoms with E-state index >= 15 is 0 Å². The third kappa shape index (κ3) is 7.44. The first-order valence-corrected chi connectivity index (χ1v) is 14.2. The number of rotatable bonds is 8. The second-order valence-corrected chi connectivity index (χ2v) is 11.7. The van der Waals surface area contributed by atoms with E-state index in [9.17, 15) is 18.8 Å². The van der Waals surface area contributed by atoms with E-state index in [1.807, 2.05) is 6.07 Å². The SMILES string of the molecule is COC(=O)c1sc(-c2cccc(N(C(=O)c3ccc(F)cc3)C3CCOCC3)c2)c(Cl)c1OCC(=O)OC(C)(C)C. The van der Waals surface area contributed by atoms with Gasteiger partial charge in [0.05, 0.1) is 12.0 Å². The molecule has 0 radical (unpaired) electrons. The van der Waals surface area contributed by atoms with Crippen molar-refractivity contribution in [2.24, 2.45) is 0 Å². The Balaban J connectivity index is 1.71. The van der Waals surface area contributed by atoms with Gasteiger partial charge in [0.2, 0.25) is 0 Å². The fourth-order valence-electron chi connectivity index (χ4n) is 4.41. The zero-order valence-corrected chi connectivity index (χ0v) is 24.8. The molecule has 1 fully saturated rings. The van der Waals surface area contributed by atoms with Crippen molar-refractivity contribution in [2.75, 3.05) is 31.8 Å². The molecule has 1 aliphatic heterocycles. The van der Waals surface area contributed by atoms with Gasteiger partial charge in [-0.15, -0.1) is 11.3 Å². The van der Waals surface area contributed by atoms with E-state index in [1.165, 1.54) is 31.4 Å². The van der Waals surface area contributed by atoms with E-state index in [4.69, 9.17) is 30.5 Å². The number of hydrogen-bond acceptors (Lipinski definition) is 8. The van der Waals surface area contributed by atoms with Gasteiger partial charge in [-0.3, -0.25) is 4.79 Å². The first-order valence-electron chi connectivity index (χ1n) is 13.0. The van der Waals surface area contributed by atoms with Gasteiger partial charge in [-0.1, -0.05) is 23.7 Å². The molecule has 11 heteroatoms. The summed E-state index contributed by atoms with van der Waals surface area (Å²) in [6.45, 7) is 5.76. The summed E-state index contributed by atoms with van der Waals surface area (Å²) in [5, 5.41) is 0.124. The Hall–Kier alpha value is -3.47. The Morgan fingerprint density at radius 1 is 1.10 bits per heavy atom. The summed E-state index contributed by atoms with van der Waals surface area (Å²) in [5.41, 5.74) is 0.864. The smallest absolute Gasteiger partial charge is 0.351 e. The second-order valence-electron chi connectivity index (χ2n) is 10.3. The van der Waals surface area contributed by atoms with Crippen molar-refractivity contribution < 1.29 is 37.7 Å². The third-order valence-corrected chi connectivity index (χ3v) is 7.86. The summed E-state index contributed by atoms with van der Waals surface area (Å²) >= 11 is 7.78. The maximum atomic E-state index is 13.7. The number of methoxy groups -OCH3 is 1.